The summed E-state index contributed by atoms with van der Waals surface area (Å²) in [5, 5.41) is 4.92. The van der Waals surface area contributed by atoms with Gasteiger partial charge in [-0.2, -0.15) is 0 Å². The molecule has 0 amide bonds. The van der Waals surface area contributed by atoms with Crippen molar-refractivity contribution >= 4 is 53.4 Å². The maximum atomic E-state index is 6.96. The summed E-state index contributed by atoms with van der Waals surface area (Å²) in [5.41, 5.74) is 13.0. The van der Waals surface area contributed by atoms with E-state index < -0.39 is 0 Å². The van der Waals surface area contributed by atoms with E-state index in [1.54, 1.807) is 0 Å². The number of benzene rings is 7. The van der Waals surface area contributed by atoms with Gasteiger partial charge in [0.15, 0.2) is 17.5 Å². The molecular weight excluding hydrogens is 871 g/mol. The Kier molecular flexibility index (Phi) is 8.66. The lowest BCUT2D eigenvalue weighted by Crippen LogP contribution is -2.48. The maximum absolute atomic E-state index is 6.96. The van der Waals surface area contributed by atoms with Gasteiger partial charge in [-0.15, -0.1) is 11.3 Å². The number of aromatic nitrogens is 3. The van der Waals surface area contributed by atoms with E-state index in [1.165, 1.54) is 119 Å². The Morgan fingerprint density at radius 3 is 1.63 bits per heavy atom. The molecule has 0 saturated heterocycles. The third kappa shape index (κ3) is 6.29. The van der Waals surface area contributed by atoms with Crippen molar-refractivity contribution in [3.63, 3.8) is 0 Å². The topological polar surface area (TPSA) is 51.8 Å². The first-order valence-corrected chi connectivity index (χ1v) is 27.2. The zero-order valence-electron chi connectivity index (χ0n) is 39.5. The van der Waals surface area contributed by atoms with Crippen molar-refractivity contribution < 1.29 is 4.42 Å². The largest absolute Gasteiger partial charge is 0.455 e. The van der Waals surface area contributed by atoms with Crippen LogP contribution < -0.4 is 0 Å². The first-order chi connectivity index (χ1) is 34.4. The van der Waals surface area contributed by atoms with E-state index in [4.69, 9.17) is 19.4 Å². The van der Waals surface area contributed by atoms with Gasteiger partial charge in [-0.05, 0) is 199 Å². The zero-order valence-corrected chi connectivity index (χ0v) is 40.4. The van der Waals surface area contributed by atoms with Gasteiger partial charge in [0.1, 0.15) is 11.2 Å². The molecule has 10 aromatic rings. The van der Waals surface area contributed by atoms with Gasteiger partial charge in [-0.3, -0.25) is 0 Å². The molecule has 0 radical (unpaired) electrons. The Bertz CT molecular complexity index is 3680. The molecule has 0 N–H and O–H groups in total. The smallest absolute Gasteiger partial charge is 0.167 e. The number of para-hydroxylation sites is 1. The summed E-state index contributed by atoms with van der Waals surface area (Å²) >= 11 is 1.87. The van der Waals surface area contributed by atoms with E-state index in [9.17, 15) is 0 Å². The Labute approximate surface area is 413 Å². The molecule has 0 unspecified atom stereocenters. The summed E-state index contributed by atoms with van der Waals surface area (Å²) in [5.74, 6) is 7.34. The molecule has 3 aromatic heterocycles. The van der Waals surface area contributed by atoms with Crippen molar-refractivity contribution in [2.75, 3.05) is 0 Å². The van der Waals surface area contributed by atoms with Crippen molar-refractivity contribution in [1.82, 2.24) is 15.0 Å². The van der Waals surface area contributed by atoms with Gasteiger partial charge in [0.25, 0.3) is 0 Å². The number of thiophene rings is 1. The maximum Gasteiger partial charge on any atom is 0.167 e. The fourth-order valence-electron chi connectivity index (χ4n) is 16.6. The first-order valence-electron chi connectivity index (χ1n) is 26.4. The fraction of sp³-hybridized carbons (Fsp3) is 0.308. The lowest BCUT2D eigenvalue weighted by molar-refractivity contribution is -0.00528. The van der Waals surface area contributed by atoms with Crippen LogP contribution in [0.25, 0.3) is 98.5 Å². The van der Waals surface area contributed by atoms with Gasteiger partial charge in [0.2, 0.25) is 0 Å². The van der Waals surface area contributed by atoms with Crippen LogP contribution in [-0.2, 0) is 10.8 Å². The van der Waals surface area contributed by atoms with Crippen LogP contribution in [0.4, 0.5) is 0 Å². The second-order valence-electron chi connectivity index (χ2n) is 23.2. The minimum Gasteiger partial charge on any atom is -0.455 e. The number of rotatable bonds is 7. The number of hydrogen-bond acceptors (Lipinski definition) is 5. The lowest BCUT2D eigenvalue weighted by Gasteiger charge is -2.57. The molecule has 7 aromatic carbocycles. The van der Waals surface area contributed by atoms with Crippen LogP contribution in [0, 0.1) is 35.5 Å². The average molecular weight is 926 g/mol. The van der Waals surface area contributed by atoms with Crippen molar-refractivity contribution in [2.45, 2.75) is 87.9 Å². The molecule has 8 aliphatic rings. The third-order valence-electron chi connectivity index (χ3n) is 18.8. The summed E-state index contributed by atoms with van der Waals surface area (Å²) in [4.78, 5) is 16.4. The molecule has 0 spiro atoms. The summed E-state index contributed by atoms with van der Waals surface area (Å²) in [7, 11) is 0. The summed E-state index contributed by atoms with van der Waals surface area (Å²) < 4.78 is 9.55. The molecule has 5 heteroatoms. The molecule has 4 nitrogen and oxygen atoms in total. The molecule has 8 aliphatic carbocycles. The van der Waals surface area contributed by atoms with Gasteiger partial charge in [0, 0.05) is 42.1 Å². The van der Waals surface area contributed by atoms with Gasteiger partial charge in [-0.25, -0.2) is 15.0 Å². The number of nitrogens with zero attached hydrogens (tertiary/aromatic N) is 3. The molecule has 0 atom stereocenters. The number of hydrogen-bond donors (Lipinski definition) is 0. The van der Waals surface area contributed by atoms with E-state index in [0.29, 0.717) is 28.3 Å². The van der Waals surface area contributed by atoms with E-state index in [0.717, 1.165) is 85.4 Å². The molecule has 3 heterocycles. The van der Waals surface area contributed by atoms with Crippen LogP contribution in [0.2, 0.25) is 0 Å². The Balaban J connectivity index is 0.872. The second kappa shape index (κ2) is 15.0. The quantitative estimate of drug-likeness (QED) is 0.160. The van der Waals surface area contributed by atoms with Crippen LogP contribution in [0.5, 0.6) is 0 Å². The first kappa shape index (κ1) is 40.3. The molecule has 18 rings (SSSR count). The minimum absolute atomic E-state index is 0.309. The molecule has 8 saturated carbocycles. The summed E-state index contributed by atoms with van der Waals surface area (Å²) in [6.07, 6.45) is 16.8. The highest BCUT2D eigenvalue weighted by atomic mass is 32.1. The number of fused-ring (bicyclic) bond motifs is 6. The van der Waals surface area contributed by atoms with E-state index in [1.807, 2.05) is 11.3 Å². The van der Waals surface area contributed by atoms with Crippen molar-refractivity contribution in [1.29, 1.82) is 0 Å². The molecule has 342 valence electrons. The SMILES string of the molecule is c1ccc(-c2cc(-c3nc(-c4ccc(C56CC7CC(CC(C7)C5)C6)cc4)nc(-c4cccc5c4oc4ccc(C67CC8CC(CC(C8)C6)C7)cc45)n3)cc(-c3cccc4c3sc3ccccc34)c2)cc1. The Morgan fingerprint density at radius 1 is 0.386 bits per heavy atom. The van der Waals surface area contributed by atoms with Crippen LogP contribution in [-0.4, -0.2) is 15.0 Å². The van der Waals surface area contributed by atoms with E-state index in [2.05, 4.69) is 152 Å². The number of furan rings is 1. The normalized spacial score (nSPS) is 27.4. The molecule has 8 fully saturated rings. The molecule has 0 aliphatic heterocycles. The van der Waals surface area contributed by atoms with Crippen LogP contribution in [0.1, 0.15) is 88.2 Å². The zero-order chi connectivity index (χ0) is 45.7. The second-order valence-corrected chi connectivity index (χ2v) is 24.3. The minimum atomic E-state index is 0.309. The van der Waals surface area contributed by atoms with E-state index >= 15 is 0 Å². The molecular formula is C65H55N3OS. The van der Waals surface area contributed by atoms with Crippen LogP contribution in [0.3, 0.4) is 0 Å². The van der Waals surface area contributed by atoms with Gasteiger partial charge >= 0.3 is 0 Å². The van der Waals surface area contributed by atoms with Gasteiger partial charge in [-0.1, -0.05) is 109 Å². The van der Waals surface area contributed by atoms with Gasteiger partial charge < -0.3 is 4.42 Å². The monoisotopic (exact) mass is 925 g/mol. The lowest BCUT2D eigenvalue weighted by atomic mass is 9.48. The van der Waals surface area contributed by atoms with Crippen LogP contribution >= 0.6 is 11.3 Å². The predicted molar refractivity (Wildman–Crippen MR) is 287 cm³/mol. The van der Waals surface area contributed by atoms with Gasteiger partial charge in [0.05, 0.1) is 5.56 Å². The molecule has 70 heavy (non-hydrogen) atoms. The summed E-state index contributed by atoms with van der Waals surface area (Å²) in [6.45, 7) is 0. The van der Waals surface area contributed by atoms with Crippen molar-refractivity contribution in [2.24, 2.45) is 35.5 Å². The third-order valence-corrected chi connectivity index (χ3v) is 20.1. The standard InChI is InChI=1S/C65H55N3OS/c1-2-8-44(9-3-1)46-28-47(51-11-6-13-54-52-10-4-5-15-58(52)70-60(51)54)30-48(29-46)62-66-61(45-16-18-49(19-17-45)64-32-38-22-39(33-64)24-40(23-38)34-64)67-63(68-62)55-14-7-12-53-56-31-50(20-21-57(56)69-59(53)55)65-35-41-25-42(36-65)27-43(26-41)37-65/h1-21,28-31,38-43H,22-27,32-37H2. The highest BCUT2D eigenvalue weighted by Crippen LogP contribution is 2.62. The fourth-order valence-corrected chi connectivity index (χ4v) is 17.9. The van der Waals surface area contributed by atoms with Crippen LogP contribution in [0.15, 0.2) is 156 Å². The van der Waals surface area contributed by atoms with E-state index in [-0.39, 0.29) is 0 Å². The Hall–Kier alpha value is -6.43. The highest BCUT2D eigenvalue weighted by molar-refractivity contribution is 7.26. The van der Waals surface area contributed by atoms with Crippen molar-refractivity contribution in [3.05, 3.63) is 163 Å². The summed E-state index contributed by atoms with van der Waals surface area (Å²) in [6, 6.07) is 56.4. The Morgan fingerprint density at radius 2 is 0.929 bits per heavy atom. The van der Waals surface area contributed by atoms with Crippen molar-refractivity contribution in [3.8, 4) is 56.4 Å². The molecule has 8 bridgehead atoms. The average Bonchev–Trinajstić information content (AvgIpc) is 3.97. The highest BCUT2D eigenvalue weighted by Gasteiger charge is 2.53. The predicted octanol–water partition coefficient (Wildman–Crippen LogP) is 17.4.